The standard InChI is InChI=1S/C14H26FNO/c1-5-14(17-4)13(11-12(2)3)9-7-6-8-10-16-15/h11,16H,5-10H2,1-4H3/b14-13+. The van der Waals surface area contributed by atoms with Crippen LogP contribution in [0.1, 0.15) is 52.9 Å². The van der Waals surface area contributed by atoms with E-state index in [0.717, 1.165) is 37.9 Å². The molecule has 0 aliphatic carbocycles. The third-order valence-corrected chi connectivity index (χ3v) is 2.61. The van der Waals surface area contributed by atoms with Gasteiger partial charge in [0.1, 0.15) is 0 Å². The fourth-order valence-electron chi connectivity index (χ4n) is 1.83. The molecule has 0 amide bonds. The Kier molecular flexibility index (Phi) is 9.83. The summed E-state index contributed by atoms with van der Waals surface area (Å²) in [7, 11) is 1.73. The van der Waals surface area contributed by atoms with Crippen molar-refractivity contribution in [2.45, 2.75) is 52.9 Å². The number of nitrogens with one attached hydrogen (secondary N) is 1. The van der Waals surface area contributed by atoms with Crippen molar-refractivity contribution in [3.8, 4) is 0 Å². The lowest BCUT2D eigenvalue weighted by atomic mass is 10.0. The highest BCUT2D eigenvalue weighted by Gasteiger charge is 2.03. The lowest BCUT2D eigenvalue weighted by molar-refractivity contribution is 0.275. The van der Waals surface area contributed by atoms with Gasteiger partial charge in [0.2, 0.25) is 0 Å². The summed E-state index contributed by atoms with van der Waals surface area (Å²) in [5, 5.41) is 0. The smallest absolute Gasteiger partial charge is 0.0984 e. The molecule has 0 radical (unpaired) electrons. The molecule has 3 heteroatoms. The Bertz CT molecular complexity index is 249. The predicted octanol–water partition coefficient (Wildman–Crippen LogP) is 4.30. The fourth-order valence-corrected chi connectivity index (χ4v) is 1.83. The Labute approximate surface area is 105 Å². The zero-order chi connectivity index (χ0) is 13.1. The SMILES string of the molecule is CC/C(OC)=C(\C=C(C)C)CCCCCNF. The van der Waals surface area contributed by atoms with E-state index in [1.54, 1.807) is 12.6 Å². The Morgan fingerprint density at radius 2 is 1.94 bits per heavy atom. The van der Waals surface area contributed by atoms with Crippen LogP contribution in [0, 0.1) is 0 Å². The highest BCUT2D eigenvalue weighted by Crippen LogP contribution is 2.19. The van der Waals surface area contributed by atoms with Crippen LogP contribution < -0.4 is 5.54 Å². The number of methoxy groups -OCH3 is 1. The highest BCUT2D eigenvalue weighted by atomic mass is 19.2. The molecule has 0 rings (SSSR count). The Morgan fingerprint density at radius 3 is 2.41 bits per heavy atom. The van der Waals surface area contributed by atoms with Crippen molar-refractivity contribution in [2.24, 2.45) is 0 Å². The number of halogens is 1. The minimum Gasteiger partial charge on any atom is -0.501 e. The molecule has 17 heavy (non-hydrogen) atoms. The predicted molar refractivity (Wildman–Crippen MR) is 71.3 cm³/mol. The third kappa shape index (κ3) is 7.97. The molecule has 1 N–H and O–H groups in total. The van der Waals surface area contributed by atoms with Gasteiger partial charge in [-0.15, -0.1) is 4.48 Å². The second kappa shape index (κ2) is 10.3. The number of hydrogen-bond donors (Lipinski definition) is 1. The molecule has 0 bridgehead atoms. The topological polar surface area (TPSA) is 21.3 Å². The van der Waals surface area contributed by atoms with Crippen LogP contribution in [0.25, 0.3) is 0 Å². The zero-order valence-corrected chi connectivity index (χ0v) is 11.6. The fraction of sp³-hybridized carbons (Fsp3) is 0.714. The lowest BCUT2D eigenvalue weighted by Crippen LogP contribution is -2.01. The largest absolute Gasteiger partial charge is 0.501 e. The van der Waals surface area contributed by atoms with Crippen LogP contribution in [0.4, 0.5) is 4.48 Å². The average molecular weight is 243 g/mol. The Morgan fingerprint density at radius 1 is 1.24 bits per heavy atom. The number of rotatable bonds is 9. The summed E-state index contributed by atoms with van der Waals surface area (Å²) in [6.07, 6.45) is 7.12. The van der Waals surface area contributed by atoms with Gasteiger partial charge in [0.05, 0.1) is 12.9 Å². The summed E-state index contributed by atoms with van der Waals surface area (Å²) in [4.78, 5) is 0. The van der Waals surface area contributed by atoms with Crippen LogP contribution in [0.2, 0.25) is 0 Å². The first kappa shape index (κ1) is 16.2. The number of unbranched alkanes of at least 4 members (excludes halogenated alkanes) is 2. The van der Waals surface area contributed by atoms with Crippen molar-refractivity contribution in [2.75, 3.05) is 13.7 Å². The molecule has 0 saturated heterocycles. The van der Waals surface area contributed by atoms with Gasteiger partial charge in [-0.05, 0) is 38.7 Å². The second-order valence-corrected chi connectivity index (χ2v) is 4.42. The summed E-state index contributed by atoms with van der Waals surface area (Å²) >= 11 is 0. The van der Waals surface area contributed by atoms with E-state index >= 15 is 0 Å². The summed E-state index contributed by atoms with van der Waals surface area (Å²) in [5.41, 5.74) is 4.25. The average Bonchev–Trinajstić information content (AvgIpc) is 2.29. The molecule has 0 aliphatic heterocycles. The first-order valence-electron chi connectivity index (χ1n) is 6.40. The van der Waals surface area contributed by atoms with Crippen molar-refractivity contribution in [3.05, 3.63) is 23.0 Å². The molecule has 0 atom stereocenters. The third-order valence-electron chi connectivity index (χ3n) is 2.61. The Balaban J connectivity index is 4.31. The minimum absolute atomic E-state index is 0.451. The molecule has 100 valence electrons. The van der Waals surface area contributed by atoms with E-state index < -0.39 is 0 Å². The molecule has 0 aromatic heterocycles. The van der Waals surface area contributed by atoms with Gasteiger partial charge >= 0.3 is 0 Å². The maximum absolute atomic E-state index is 11.7. The summed E-state index contributed by atoms with van der Waals surface area (Å²) < 4.78 is 17.1. The van der Waals surface area contributed by atoms with Gasteiger partial charge in [-0.2, -0.15) is 5.54 Å². The molecule has 2 nitrogen and oxygen atoms in total. The molecule has 0 saturated carbocycles. The van der Waals surface area contributed by atoms with E-state index in [4.69, 9.17) is 4.74 Å². The number of ether oxygens (including phenoxy) is 1. The molecule has 0 heterocycles. The van der Waals surface area contributed by atoms with Crippen molar-refractivity contribution in [1.29, 1.82) is 0 Å². The van der Waals surface area contributed by atoms with Crippen molar-refractivity contribution >= 4 is 0 Å². The van der Waals surface area contributed by atoms with Gasteiger partial charge in [0.15, 0.2) is 0 Å². The van der Waals surface area contributed by atoms with Crippen molar-refractivity contribution < 1.29 is 9.22 Å². The molecule has 0 fully saturated rings. The van der Waals surface area contributed by atoms with Crippen molar-refractivity contribution in [1.82, 2.24) is 5.54 Å². The van der Waals surface area contributed by atoms with Gasteiger partial charge in [-0.1, -0.05) is 25.0 Å². The maximum Gasteiger partial charge on any atom is 0.0984 e. The molecular formula is C14H26FNO. The van der Waals surface area contributed by atoms with E-state index in [9.17, 15) is 4.48 Å². The zero-order valence-electron chi connectivity index (χ0n) is 11.6. The van der Waals surface area contributed by atoms with Crippen LogP contribution in [-0.2, 0) is 4.74 Å². The highest BCUT2D eigenvalue weighted by molar-refractivity contribution is 5.25. The molecule has 0 aromatic rings. The van der Waals surface area contributed by atoms with E-state index in [1.807, 2.05) is 0 Å². The molecule has 0 unspecified atom stereocenters. The first-order valence-corrected chi connectivity index (χ1v) is 6.40. The normalized spacial score (nSPS) is 12.1. The van der Waals surface area contributed by atoms with Gasteiger partial charge in [0.25, 0.3) is 0 Å². The summed E-state index contributed by atoms with van der Waals surface area (Å²) in [6, 6.07) is 0. The second-order valence-electron chi connectivity index (χ2n) is 4.42. The van der Waals surface area contributed by atoms with E-state index in [0.29, 0.717) is 6.54 Å². The van der Waals surface area contributed by atoms with Gasteiger partial charge in [0, 0.05) is 13.0 Å². The van der Waals surface area contributed by atoms with Gasteiger partial charge in [-0.25, -0.2) is 0 Å². The molecule has 0 aliphatic rings. The molecular weight excluding hydrogens is 217 g/mol. The van der Waals surface area contributed by atoms with Gasteiger partial charge in [-0.3, -0.25) is 0 Å². The van der Waals surface area contributed by atoms with Crippen LogP contribution in [0.3, 0.4) is 0 Å². The van der Waals surface area contributed by atoms with Crippen LogP contribution >= 0.6 is 0 Å². The van der Waals surface area contributed by atoms with E-state index in [-0.39, 0.29) is 0 Å². The van der Waals surface area contributed by atoms with Crippen LogP contribution in [-0.4, -0.2) is 13.7 Å². The molecule has 0 aromatic carbocycles. The summed E-state index contributed by atoms with van der Waals surface area (Å²) in [5.74, 6) is 1.06. The molecule has 0 spiro atoms. The van der Waals surface area contributed by atoms with Crippen LogP contribution in [0.5, 0.6) is 0 Å². The maximum atomic E-state index is 11.7. The number of hydrogen-bond acceptors (Lipinski definition) is 2. The minimum atomic E-state index is 0.451. The van der Waals surface area contributed by atoms with Crippen molar-refractivity contribution in [3.63, 3.8) is 0 Å². The number of allylic oxidation sites excluding steroid dienone is 4. The Hall–Kier alpha value is -0.830. The van der Waals surface area contributed by atoms with Gasteiger partial charge < -0.3 is 4.74 Å². The van der Waals surface area contributed by atoms with E-state index in [2.05, 4.69) is 26.8 Å². The van der Waals surface area contributed by atoms with E-state index in [1.165, 1.54) is 11.1 Å². The monoisotopic (exact) mass is 243 g/mol. The summed E-state index contributed by atoms with van der Waals surface area (Å²) in [6.45, 7) is 6.74. The first-order chi connectivity index (χ1) is 8.15. The lowest BCUT2D eigenvalue weighted by Gasteiger charge is -2.10. The quantitative estimate of drug-likeness (QED) is 0.282. The van der Waals surface area contributed by atoms with Crippen LogP contribution in [0.15, 0.2) is 23.0 Å².